The van der Waals surface area contributed by atoms with Crippen molar-refractivity contribution in [1.82, 2.24) is 9.97 Å². The van der Waals surface area contributed by atoms with E-state index in [2.05, 4.69) is 15.1 Å². The highest BCUT2D eigenvalue weighted by molar-refractivity contribution is 5.96. The van der Waals surface area contributed by atoms with E-state index in [0.29, 0.717) is 12.4 Å². The number of rotatable bonds is 6. The van der Waals surface area contributed by atoms with Gasteiger partial charge in [-0.2, -0.15) is 0 Å². The van der Waals surface area contributed by atoms with Crippen LogP contribution in [0.5, 0.6) is 0 Å². The smallest absolute Gasteiger partial charge is 0.123 e. The number of anilines is 1. The predicted molar refractivity (Wildman–Crippen MR) is 84.1 cm³/mol. The Hall–Kier alpha value is -2.43. The van der Waals surface area contributed by atoms with E-state index in [-0.39, 0.29) is 0 Å². The van der Waals surface area contributed by atoms with Crippen LogP contribution in [0.1, 0.15) is 30.4 Å². The van der Waals surface area contributed by atoms with E-state index in [1.807, 2.05) is 44.2 Å². The molecule has 110 valence electrons. The molecule has 5 heteroatoms. The minimum atomic E-state index is 0.541. The first kappa shape index (κ1) is 15.0. The summed E-state index contributed by atoms with van der Waals surface area (Å²) in [6, 6.07) is 11.5. The fourth-order valence-corrected chi connectivity index (χ4v) is 1.89. The lowest BCUT2D eigenvalue weighted by Gasteiger charge is -2.03. The Morgan fingerprint density at radius 1 is 1.19 bits per heavy atom. The molecule has 2 heterocycles. The molecule has 5 nitrogen and oxygen atoms in total. The molecule has 0 atom stereocenters. The highest BCUT2D eigenvalue weighted by Gasteiger charge is 2.00. The average molecular weight is 284 g/mol. The third kappa shape index (κ3) is 4.87. The van der Waals surface area contributed by atoms with Gasteiger partial charge in [0.05, 0.1) is 5.69 Å². The fourth-order valence-electron chi connectivity index (χ4n) is 1.89. The zero-order valence-electron chi connectivity index (χ0n) is 12.4. The lowest BCUT2D eigenvalue weighted by molar-refractivity contribution is 0.141. The molecule has 0 aliphatic heterocycles. The van der Waals surface area contributed by atoms with Gasteiger partial charge in [0.2, 0.25) is 0 Å². The SMILES string of the molecule is CC(=NOCCCc1cccc(N)n1)c1cccc(C)n1. The summed E-state index contributed by atoms with van der Waals surface area (Å²) in [6.07, 6.45) is 1.66. The van der Waals surface area contributed by atoms with Crippen LogP contribution in [0, 0.1) is 6.92 Å². The normalized spacial score (nSPS) is 11.4. The Morgan fingerprint density at radius 3 is 2.76 bits per heavy atom. The number of hydrogen-bond donors (Lipinski definition) is 1. The van der Waals surface area contributed by atoms with Crippen molar-refractivity contribution in [2.75, 3.05) is 12.3 Å². The van der Waals surface area contributed by atoms with Gasteiger partial charge in [0.25, 0.3) is 0 Å². The maximum Gasteiger partial charge on any atom is 0.123 e. The first-order valence-electron chi connectivity index (χ1n) is 6.97. The monoisotopic (exact) mass is 284 g/mol. The first-order valence-corrected chi connectivity index (χ1v) is 6.97. The molecule has 0 spiro atoms. The Kier molecular flexibility index (Phi) is 5.26. The third-order valence-electron chi connectivity index (χ3n) is 2.96. The van der Waals surface area contributed by atoms with Gasteiger partial charge in [-0.15, -0.1) is 0 Å². The summed E-state index contributed by atoms with van der Waals surface area (Å²) in [5, 5.41) is 4.09. The molecule has 21 heavy (non-hydrogen) atoms. The molecular formula is C16H20N4O. The highest BCUT2D eigenvalue weighted by atomic mass is 16.6. The molecule has 2 N–H and O–H groups in total. The minimum absolute atomic E-state index is 0.541. The Morgan fingerprint density at radius 2 is 2.00 bits per heavy atom. The van der Waals surface area contributed by atoms with Gasteiger partial charge in [0, 0.05) is 11.4 Å². The van der Waals surface area contributed by atoms with E-state index < -0.39 is 0 Å². The number of aryl methyl sites for hydroxylation is 2. The van der Waals surface area contributed by atoms with Crippen molar-refractivity contribution in [2.24, 2.45) is 5.16 Å². The van der Waals surface area contributed by atoms with E-state index in [1.54, 1.807) is 6.07 Å². The number of oxime groups is 1. The van der Waals surface area contributed by atoms with Crippen LogP contribution in [-0.2, 0) is 11.3 Å². The largest absolute Gasteiger partial charge is 0.396 e. The van der Waals surface area contributed by atoms with Gasteiger partial charge in [-0.25, -0.2) is 4.98 Å². The number of nitrogens with zero attached hydrogens (tertiary/aromatic N) is 3. The van der Waals surface area contributed by atoms with Gasteiger partial charge in [0.15, 0.2) is 0 Å². The molecule has 0 bridgehead atoms. The van der Waals surface area contributed by atoms with E-state index in [0.717, 1.165) is 35.6 Å². The summed E-state index contributed by atoms with van der Waals surface area (Å²) in [7, 11) is 0. The number of pyridine rings is 2. The van der Waals surface area contributed by atoms with Crippen LogP contribution in [0.4, 0.5) is 5.82 Å². The summed E-state index contributed by atoms with van der Waals surface area (Å²) in [4.78, 5) is 14.0. The highest BCUT2D eigenvalue weighted by Crippen LogP contribution is 2.04. The van der Waals surface area contributed by atoms with Crippen LogP contribution in [0.15, 0.2) is 41.6 Å². The summed E-state index contributed by atoms with van der Waals surface area (Å²) >= 11 is 0. The lowest BCUT2D eigenvalue weighted by atomic mass is 10.2. The molecule has 0 aliphatic carbocycles. The van der Waals surface area contributed by atoms with Gasteiger partial charge >= 0.3 is 0 Å². The molecule has 2 aromatic heterocycles. The summed E-state index contributed by atoms with van der Waals surface area (Å²) < 4.78 is 0. The van der Waals surface area contributed by atoms with Gasteiger partial charge < -0.3 is 10.6 Å². The van der Waals surface area contributed by atoms with Crippen LogP contribution in [-0.4, -0.2) is 22.3 Å². The van der Waals surface area contributed by atoms with Crippen LogP contribution >= 0.6 is 0 Å². The van der Waals surface area contributed by atoms with Crippen molar-refractivity contribution in [3.05, 3.63) is 53.5 Å². The van der Waals surface area contributed by atoms with Crippen LogP contribution < -0.4 is 5.73 Å². The van der Waals surface area contributed by atoms with E-state index >= 15 is 0 Å². The van der Waals surface area contributed by atoms with Crippen molar-refractivity contribution in [2.45, 2.75) is 26.7 Å². The summed E-state index contributed by atoms with van der Waals surface area (Å²) in [5.74, 6) is 0.549. The summed E-state index contributed by atoms with van der Waals surface area (Å²) in [5.41, 5.74) is 9.19. The Labute approximate surface area is 124 Å². The number of aromatic nitrogens is 2. The maximum atomic E-state index is 5.63. The standard InChI is InChI=1S/C16H20N4O/c1-12-6-3-9-15(18-12)13(2)20-21-11-5-8-14-7-4-10-16(17)19-14/h3-4,6-7,9-10H,5,8,11H2,1-2H3,(H2,17,19). The van der Waals surface area contributed by atoms with Gasteiger partial charge in [-0.3, -0.25) is 4.98 Å². The van der Waals surface area contributed by atoms with Crippen LogP contribution in [0.2, 0.25) is 0 Å². The number of hydrogen-bond acceptors (Lipinski definition) is 5. The van der Waals surface area contributed by atoms with E-state index in [1.165, 1.54) is 0 Å². The minimum Gasteiger partial charge on any atom is -0.396 e. The number of nitrogens with two attached hydrogens (primary N) is 1. The molecule has 0 aromatic carbocycles. The third-order valence-corrected chi connectivity index (χ3v) is 2.96. The second-order valence-electron chi connectivity index (χ2n) is 4.83. The van der Waals surface area contributed by atoms with Crippen molar-refractivity contribution >= 4 is 11.5 Å². The van der Waals surface area contributed by atoms with E-state index in [4.69, 9.17) is 10.6 Å². The van der Waals surface area contributed by atoms with Crippen molar-refractivity contribution in [3.8, 4) is 0 Å². The molecular weight excluding hydrogens is 264 g/mol. The summed E-state index contributed by atoms with van der Waals surface area (Å²) in [6.45, 7) is 4.39. The second-order valence-corrected chi connectivity index (χ2v) is 4.83. The first-order chi connectivity index (χ1) is 10.1. The van der Waals surface area contributed by atoms with E-state index in [9.17, 15) is 0 Å². The fraction of sp³-hybridized carbons (Fsp3) is 0.312. The zero-order valence-corrected chi connectivity index (χ0v) is 12.4. The Bertz CT molecular complexity index is 625. The van der Waals surface area contributed by atoms with Gasteiger partial charge in [-0.1, -0.05) is 17.3 Å². The molecule has 2 aromatic rings. The molecule has 0 saturated carbocycles. The van der Waals surface area contributed by atoms with Gasteiger partial charge in [-0.05, 0) is 51.0 Å². The topological polar surface area (TPSA) is 73.4 Å². The maximum absolute atomic E-state index is 5.63. The molecule has 0 radical (unpaired) electrons. The second kappa shape index (κ2) is 7.38. The van der Waals surface area contributed by atoms with Crippen molar-refractivity contribution < 1.29 is 4.84 Å². The average Bonchev–Trinajstić information content (AvgIpc) is 2.47. The molecule has 0 fully saturated rings. The molecule has 2 rings (SSSR count). The van der Waals surface area contributed by atoms with Gasteiger partial charge in [0.1, 0.15) is 18.1 Å². The van der Waals surface area contributed by atoms with Crippen molar-refractivity contribution in [3.63, 3.8) is 0 Å². The Balaban J connectivity index is 1.77. The quantitative estimate of drug-likeness (QED) is 0.503. The molecule has 0 amide bonds. The predicted octanol–water partition coefficient (Wildman–Crippen LogP) is 2.74. The zero-order chi connectivity index (χ0) is 15.1. The van der Waals surface area contributed by atoms with Crippen molar-refractivity contribution in [1.29, 1.82) is 0 Å². The van der Waals surface area contributed by atoms with Crippen LogP contribution in [0.25, 0.3) is 0 Å². The molecule has 0 saturated heterocycles. The van der Waals surface area contributed by atoms with Crippen LogP contribution in [0.3, 0.4) is 0 Å². The lowest BCUT2D eigenvalue weighted by Crippen LogP contribution is -2.02. The molecule has 0 aliphatic rings. The number of nitrogen functional groups attached to an aromatic ring is 1. The molecule has 0 unspecified atom stereocenters.